The van der Waals surface area contributed by atoms with Crippen molar-refractivity contribution in [3.8, 4) is 0 Å². The molecule has 22 heavy (non-hydrogen) atoms. The fourth-order valence-corrected chi connectivity index (χ4v) is 4.90. The van der Waals surface area contributed by atoms with E-state index < -0.39 is 0 Å². The number of amides is 1. The molecule has 1 fully saturated rings. The second-order valence-electron chi connectivity index (χ2n) is 7.00. The Morgan fingerprint density at radius 2 is 2.18 bits per heavy atom. The molecule has 0 radical (unpaired) electrons. The molecule has 1 aromatic carbocycles. The second kappa shape index (κ2) is 5.15. The first-order valence-electron chi connectivity index (χ1n) is 8.56. The summed E-state index contributed by atoms with van der Waals surface area (Å²) in [6.45, 7) is 3.46. The highest BCUT2D eigenvalue weighted by Crippen LogP contribution is 2.52. The summed E-state index contributed by atoms with van der Waals surface area (Å²) in [5, 5.41) is 3.14. The number of piperidine rings is 1. The van der Waals surface area contributed by atoms with Crippen LogP contribution >= 0.6 is 0 Å². The maximum atomic E-state index is 12.3. The minimum atomic E-state index is 0.168. The number of para-hydroxylation sites is 1. The fourth-order valence-electron chi connectivity index (χ4n) is 4.90. The molecule has 0 bridgehead atoms. The number of hydrogen-bond acceptors (Lipinski definition) is 2. The number of benzene rings is 1. The Bertz CT molecular complexity index is 624. The predicted octanol–water partition coefficient (Wildman–Crippen LogP) is 3.89. The van der Waals surface area contributed by atoms with Crippen LogP contribution in [0.4, 0.5) is 5.69 Å². The maximum Gasteiger partial charge on any atom is 0.224 e. The number of hydrogen-bond donors (Lipinski definition) is 1. The summed E-state index contributed by atoms with van der Waals surface area (Å²) in [7, 11) is 0. The van der Waals surface area contributed by atoms with Gasteiger partial charge in [0.15, 0.2) is 0 Å². The Labute approximate surface area is 132 Å². The first-order chi connectivity index (χ1) is 10.7. The molecule has 1 aromatic rings. The zero-order chi connectivity index (χ0) is 15.2. The van der Waals surface area contributed by atoms with Crippen molar-refractivity contribution in [2.75, 3.05) is 11.9 Å². The third kappa shape index (κ3) is 1.98. The van der Waals surface area contributed by atoms with Crippen LogP contribution in [0.15, 0.2) is 36.5 Å². The van der Waals surface area contributed by atoms with Gasteiger partial charge < -0.3 is 10.2 Å². The minimum absolute atomic E-state index is 0.168. The van der Waals surface area contributed by atoms with Gasteiger partial charge in [-0.2, -0.15) is 0 Å². The number of nitrogens with one attached hydrogen (secondary N) is 1. The van der Waals surface area contributed by atoms with E-state index in [0.717, 1.165) is 25.1 Å². The van der Waals surface area contributed by atoms with Crippen LogP contribution in [0.5, 0.6) is 0 Å². The van der Waals surface area contributed by atoms with Crippen LogP contribution in [0.2, 0.25) is 0 Å². The Kier molecular flexibility index (Phi) is 3.24. The smallest absolute Gasteiger partial charge is 0.224 e. The largest absolute Gasteiger partial charge is 0.373 e. The van der Waals surface area contributed by atoms with Gasteiger partial charge in [-0.05, 0) is 48.9 Å². The van der Waals surface area contributed by atoms with E-state index in [1.807, 2.05) is 12.1 Å². The van der Waals surface area contributed by atoms with Crippen LogP contribution in [0, 0.1) is 5.41 Å². The monoisotopic (exact) mass is 296 g/mol. The van der Waals surface area contributed by atoms with Gasteiger partial charge in [0, 0.05) is 30.6 Å². The van der Waals surface area contributed by atoms with Crippen molar-refractivity contribution in [1.29, 1.82) is 0 Å². The molecule has 0 spiro atoms. The third-order valence-corrected chi connectivity index (χ3v) is 6.05. The minimum Gasteiger partial charge on any atom is -0.373 e. The fraction of sp³-hybridized carbons (Fsp3) is 0.526. The molecule has 3 aliphatic rings. The van der Waals surface area contributed by atoms with Crippen LogP contribution in [-0.2, 0) is 4.79 Å². The molecule has 3 unspecified atom stereocenters. The highest BCUT2D eigenvalue weighted by atomic mass is 16.1. The first kappa shape index (κ1) is 13.9. The Morgan fingerprint density at radius 1 is 1.32 bits per heavy atom. The van der Waals surface area contributed by atoms with Crippen molar-refractivity contribution in [2.45, 2.75) is 51.0 Å². The Morgan fingerprint density at radius 3 is 3.05 bits per heavy atom. The van der Waals surface area contributed by atoms with Gasteiger partial charge in [0.2, 0.25) is 5.91 Å². The summed E-state index contributed by atoms with van der Waals surface area (Å²) < 4.78 is 0. The number of carbonyl (C=O) groups excluding carboxylic acids is 1. The molecular weight excluding hydrogens is 272 g/mol. The molecule has 3 aliphatic heterocycles. The van der Waals surface area contributed by atoms with Gasteiger partial charge in [0.1, 0.15) is 0 Å². The van der Waals surface area contributed by atoms with Gasteiger partial charge in [-0.3, -0.25) is 4.79 Å². The van der Waals surface area contributed by atoms with E-state index in [-0.39, 0.29) is 11.3 Å². The SMILES string of the molecule is CCC12CCCN3C=CC(c4ccccc4NC(=O)CC1)C32. The summed E-state index contributed by atoms with van der Waals surface area (Å²) in [6, 6.07) is 8.86. The van der Waals surface area contributed by atoms with Crippen molar-refractivity contribution in [3.63, 3.8) is 0 Å². The zero-order valence-electron chi connectivity index (χ0n) is 13.2. The van der Waals surface area contributed by atoms with Crippen molar-refractivity contribution < 1.29 is 4.79 Å². The van der Waals surface area contributed by atoms with Crippen molar-refractivity contribution in [2.24, 2.45) is 5.41 Å². The van der Waals surface area contributed by atoms with E-state index in [4.69, 9.17) is 0 Å². The maximum absolute atomic E-state index is 12.3. The molecule has 1 saturated heterocycles. The Hall–Kier alpha value is -1.77. The summed E-state index contributed by atoms with van der Waals surface area (Å²) in [4.78, 5) is 14.9. The highest BCUT2D eigenvalue weighted by Gasteiger charge is 2.49. The predicted molar refractivity (Wildman–Crippen MR) is 88.6 cm³/mol. The van der Waals surface area contributed by atoms with Gasteiger partial charge in [0.25, 0.3) is 0 Å². The topological polar surface area (TPSA) is 32.3 Å². The summed E-state index contributed by atoms with van der Waals surface area (Å²) in [5.74, 6) is 0.566. The normalized spacial score (nSPS) is 33.3. The zero-order valence-corrected chi connectivity index (χ0v) is 13.2. The van der Waals surface area contributed by atoms with E-state index in [1.165, 1.54) is 18.4 Å². The van der Waals surface area contributed by atoms with Gasteiger partial charge in [-0.1, -0.05) is 31.2 Å². The molecule has 0 saturated carbocycles. The van der Waals surface area contributed by atoms with Crippen LogP contribution < -0.4 is 5.32 Å². The quantitative estimate of drug-likeness (QED) is 0.852. The summed E-state index contributed by atoms with van der Waals surface area (Å²) in [5.41, 5.74) is 2.55. The summed E-state index contributed by atoms with van der Waals surface area (Å²) in [6.07, 6.45) is 9.95. The van der Waals surface area contributed by atoms with Crippen LogP contribution in [-0.4, -0.2) is 23.4 Å². The second-order valence-corrected chi connectivity index (χ2v) is 7.00. The van der Waals surface area contributed by atoms with Crippen LogP contribution in [0.3, 0.4) is 0 Å². The van der Waals surface area contributed by atoms with E-state index >= 15 is 0 Å². The van der Waals surface area contributed by atoms with Gasteiger partial charge in [0.05, 0.1) is 0 Å². The molecule has 3 heteroatoms. The molecular formula is C19H24N2O. The van der Waals surface area contributed by atoms with Crippen LogP contribution in [0.1, 0.15) is 50.5 Å². The number of nitrogens with zero attached hydrogens (tertiary/aromatic N) is 1. The Balaban J connectivity index is 1.86. The molecule has 3 heterocycles. The first-order valence-corrected chi connectivity index (χ1v) is 8.56. The number of rotatable bonds is 1. The molecule has 0 aliphatic carbocycles. The molecule has 116 valence electrons. The van der Waals surface area contributed by atoms with E-state index in [0.29, 0.717) is 18.4 Å². The molecule has 0 aromatic heterocycles. The number of anilines is 1. The van der Waals surface area contributed by atoms with Crippen molar-refractivity contribution >= 4 is 11.6 Å². The van der Waals surface area contributed by atoms with Gasteiger partial charge in [-0.25, -0.2) is 0 Å². The van der Waals surface area contributed by atoms with Crippen molar-refractivity contribution in [1.82, 2.24) is 4.90 Å². The molecule has 3 nitrogen and oxygen atoms in total. The lowest BCUT2D eigenvalue weighted by Crippen LogP contribution is -2.50. The molecule has 1 amide bonds. The lowest BCUT2D eigenvalue weighted by molar-refractivity contribution is -0.117. The number of carbonyl (C=O) groups is 1. The van der Waals surface area contributed by atoms with Gasteiger partial charge >= 0.3 is 0 Å². The molecule has 1 N–H and O–H groups in total. The van der Waals surface area contributed by atoms with E-state index in [1.54, 1.807) is 0 Å². The van der Waals surface area contributed by atoms with E-state index in [9.17, 15) is 4.79 Å². The number of fused-ring (bicyclic) bond motifs is 2. The van der Waals surface area contributed by atoms with E-state index in [2.05, 4.69) is 41.5 Å². The van der Waals surface area contributed by atoms with Crippen LogP contribution in [0.25, 0.3) is 0 Å². The molecule has 3 atom stereocenters. The lowest BCUT2D eigenvalue weighted by atomic mass is 9.64. The van der Waals surface area contributed by atoms with Crippen molar-refractivity contribution in [3.05, 3.63) is 42.1 Å². The average molecular weight is 296 g/mol. The highest BCUT2D eigenvalue weighted by molar-refractivity contribution is 5.92. The molecule has 4 rings (SSSR count). The lowest BCUT2D eigenvalue weighted by Gasteiger charge is -2.50. The van der Waals surface area contributed by atoms with Gasteiger partial charge in [-0.15, -0.1) is 0 Å². The average Bonchev–Trinajstić information content (AvgIpc) is 2.99. The third-order valence-electron chi connectivity index (χ3n) is 6.05. The summed E-state index contributed by atoms with van der Waals surface area (Å²) >= 11 is 0. The standard InChI is InChI=1S/C19H24N2O/c1-2-19-10-5-12-21-13-9-15(18(19)21)14-6-3-4-7-16(14)20-17(22)8-11-19/h3-4,6-7,9,13,15,18H,2,5,8,10-12H2,1H3,(H,20,22).